The maximum atomic E-state index is 12.5. The van der Waals surface area contributed by atoms with E-state index >= 15 is 0 Å². The quantitative estimate of drug-likeness (QED) is 0.770. The summed E-state index contributed by atoms with van der Waals surface area (Å²) in [6.07, 6.45) is 1.65. The fourth-order valence-electron chi connectivity index (χ4n) is 2.47. The van der Waals surface area contributed by atoms with Crippen LogP contribution in [0.1, 0.15) is 13.8 Å². The monoisotopic (exact) mass is 274 g/mol. The molecule has 0 aromatic carbocycles. The molecule has 106 valence electrons. The van der Waals surface area contributed by atoms with Gasteiger partial charge < -0.3 is 4.90 Å². The first-order valence-corrected chi connectivity index (χ1v) is 6.86. The van der Waals surface area contributed by atoms with E-state index in [2.05, 4.69) is 34.0 Å². The van der Waals surface area contributed by atoms with E-state index in [4.69, 9.17) is 0 Å². The Morgan fingerprint density at radius 1 is 1.25 bits per heavy atom. The molecule has 3 heterocycles. The Hall–Kier alpha value is -2.02. The third-order valence-corrected chi connectivity index (χ3v) is 3.72. The summed E-state index contributed by atoms with van der Waals surface area (Å²) in [5, 5.41) is 7.85. The summed E-state index contributed by atoms with van der Waals surface area (Å²) in [7, 11) is 0. The van der Waals surface area contributed by atoms with E-state index in [0.717, 1.165) is 26.2 Å². The summed E-state index contributed by atoms with van der Waals surface area (Å²) < 4.78 is 1.34. The molecule has 1 aliphatic rings. The molecule has 1 saturated heterocycles. The maximum absolute atomic E-state index is 12.5. The zero-order valence-corrected chi connectivity index (χ0v) is 11.7. The lowest BCUT2D eigenvalue weighted by molar-refractivity contribution is 0.119. The predicted octanol–water partition coefficient (Wildman–Crippen LogP) is 0.820. The number of hydrogen-bond donors (Lipinski definition) is 0. The fraction of sp³-hybridized carbons (Fsp3) is 0.538. The molecule has 2 aromatic rings. The number of nitrogens with zero attached hydrogens (tertiary/aromatic N) is 6. The van der Waals surface area contributed by atoms with Crippen LogP contribution in [0.4, 0.5) is 4.79 Å². The SMILES string of the molecule is CC(C)N1CCN(C(=O)n2nnc3ncccc32)CC1. The molecule has 3 rings (SSSR count). The number of carbonyl (C=O) groups excluding carboxylic acids is 1. The van der Waals surface area contributed by atoms with Gasteiger partial charge >= 0.3 is 6.03 Å². The van der Waals surface area contributed by atoms with Gasteiger partial charge in [-0.25, -0.2) is 9.78 Å². The fourth-order valence-corrected chi connectivity index (χ4v) is 2.47. The van der Waals surface area contributed by atoms with E-state index in [1.54, 1.807) is 12.3 Å². The van der Waals surface area contributed by atoms with Gasteiger partial charge in [-0.1, -0.05) is 5.21 Å². The zero-order valence-electron chi connectivity index (χ0n) is 11.7. The molecular weight excluding hydrogens is 256 g/mol. The molecule has 0 aliphatic carbocycles. The maximum Gasteiger partial charge on any atom is 0.346 e. The van der Waals surface area contributed by atoms with Gasteiger partial charge in [-0.05, 0) is 26.0 Å². The zero-order chi connectivity index (χ0) is 14.1. The van der Waals surface area contributed by atoms with Crippen molar-refractivity contribution in [2.24, 2.45) is 0 Å². The Labute approximate surface area is 117 Å². The van der Waals surface area contributed by atoms with Crippen molar-refractivity contribution in [1.82, 2.24) is 29.8 Å². The highest BCUT2D eigenvalue weighted by Crippen LogP contribution is 2.11. The first kappa shape index (κ1) is 13.0. The van der Waals surface area contributed by atoms with Crippen LogP contribution in [0.5, 0.6) is 0 Å². The highest BCUT2D eigenvalue weighted by molar-refractivity contribution is 5.86. The molecule has 2 aromatic heterocycles. The van der Waals surface area contributed by atoms with Gasteiger partial charge in [0.05, 0.1) is 0 Å². The van der Waals surface area contributed by atoms with Crippen molar-refractivity contribution in [3.63, 3.8) is 0 Å². The number of pyridine rings is 1. The highest BCUT2D eigenvalue weighted by Gasteiger charge is 2.25. The first-order chi connectivity index (χ1) is 9.66. The minimum absolute atomic E-state index is 0.121. The normalized spacial score (nSPS) is 17.1. The molecule has 0 atom stereocenters. The molecule has 0 saturated carbocycles. The number of amides is 1. The van der Waals surface area contributed by atoms with Crippen LogP contribution in [-0.2, 0) is 0 Å². The molecule has 7 nitrogen and oxygen atoms in total. The molecule has 0 N–H and O–H groups in total. The summed E-state index contributed by atoms with van der Waals surface area (Å²) in [6, 6.07) is 3.99. The lowest BCUT2D eigenvalue weighted by Gasteiger charge is -2.36. The molecule has 20 heavy (non-hydrogen) atoms. The predicted molar refractivity (Wildman–Crippen MR) is 74.4 cm³/mol. The van der Waals surface area contributed by atoms with Gasteiger partial charge in [0.1, 0.15) is 5.52 Å². The lowest BCUT2D eigenvalue weighted by Crippen LogP contribution is -2.51. The second-order valence-electron chi connectivity index (χ2n) is 5.25. The number of fused-ring (bicyclic) bond motifs is 1. The van der Waals surface area contributed by atoms with Crippen molar-refractivity contribution < 1.29 is 4.79 Å². The van der Waals surface area contributed by atoms with Crippen molar-refractivity contribution in [3.05, 3.63) is 18.3 Å². The molecule has 0 unspecified atom stereocenters. The average Bonchev–Trinajstić information content (AvgIpc) is 2.90. The van der Waals surface area contributed by atoms with Crippen LogP contribution in [0.2, 0.25) is 0 Å². The molecule has 0 radical (unpaired) electrons. The summed E-state index contributed by atoms with van der Waals surface area (Å²) in [5.41, 5.74) is 1.16. The third kappa shape index (κ3) is 2.24. The van der Waals surface area contributed by atoms with Crippen molar-refractivity contribution in [2.75, 3.05) is 26.2 Å². The van der Waals surface area contributed by atoms with Gasteiger partial charge in [-0.2, -0.15) is 4.68 Å². The minimum atomic E-state index is -0.121. The molecule has 1 amide bonds. The Morgan fingerprint density at radius 3 is 2.70 bits per heavy atom. The van der Waals surface area contributed by atoms with Gasteiger partial charge in [0, 0.05) is 38.4 Å². The summed E-state index contributed by atoms with van der Waals surface area (Å²) in [6.45, 7) is 7.59. The summed E-state index contributed by atoms with van der Waals surface area (Å²) >= 11 is 0. The van der Waals surface area contributed by atoms with Gasteiger partial charge in [0.25, 0.3) is 0 Å². The molecular formula is C13H18N6O. The molecule has 0 spiro atoms. The Morgan fingerprint density at radius 2 is 2.00 bits per heavy atom. The van der Waals surface area contributed by atoms with Crippen LogP contribution in [0.3, 0.4) is 0 Å². The largest absolute Gasteiger partial charge is 0.346 e. The Balaban J connectivity index is 1.77. The second-order valence-corrected chi connectivity index (χ2v) is 5.25. The van der Waals surface area contributed by atoms with Crippen molar-refractivity contribution in [3.8, 4) is 0 Å². The number of carbonyl (C=O) groups is 1. The molecule has 7 heteroatoms. The third-order valence-electron chi connectivity index (χ3n) is 3.72. The van der Waals surface area contributed by atoms with Gasteiger partial charge in [0.2, 0.25) is 5.65 Å². The second kappa shape index (κ2) is 5.16. The molecule has 1 fully saturated rings. The van der Waals surface area contributed by atoms with Gasteiger partial charge in [-0.15, -0.1) is 5.10 Å². The van der Waals surface area contributed by atoms with Crippen LogP contribution in [0, 0.1) is 0 Å². The van der Waals surface area contributed by atoms with E-state index in [9.17, 15) is 4.79 Å². The van der Waals surface area contributed by atoms with E-state index in [-0.39, 0.29) is 6.03 Å². The van der Waals surface area contributed by atoms with Crippen LogP contribution in [-0.4, -0.2) is 68.0 Å². The lowest BCUT2D eigenvalue weighted by atomic mass is 10.2. The van der Waals surface area contributed by atoms with Crippen LogP contribution in [0.15, 0.2) is 18.3 Å². The van der Waals surface area contributed by atoms with Crippen molar-refractivity contribution in [1.29, 1.82) is 0 Å². The van der Waals surface area contributed by atoms with E-state index in [0.29, 0.717) is 17.2 Å². The highest BCUT2D eigenvalue weighted by atomic mass is 16.2. The average molecular weight is 274 g/mol. The van der Waals surface area contributed by atoms with Crippen molar-refractivity contribution >= 4 is 17.2 Å². The van der Waals surface area contributed by atoms with Crippen LogP contribution < -0.4 is 0 Å². The Kier molecular flexibility index (Phi) is 3.35. The number of rotatable bonds is 1. The number of hydrogen-bond acceptors (Lipinski definition) is 5. The van der Waals surface area contributed by atoms with Crippen LogP contribution in [0.25, 0.3) is 11.2 Å². The Bertz CT molecular complexity index is 614. The van der Waals surface area contributed by atoms with Gasteiger partial charge in [0.15, 0.2) is 0 Å². The topological polar surface area (TPSA) is 67.2 Å². The van der Waals surface area contributed by atoms with Crippen molar-refractivity contribution in [2.45, 2.75) is 19.9 Å². The number of aromatic nitrogens is 4. The summed E-state index contributed by atoms with van der Waals surface area (Å²) in [5.74, 6) is 0. The van der Waals surface area contributed by atoms with E-state index < -0.39 is 0 Å². The standard InChI is InChI=1S/C13H18N6O/c1-10(2)17-6-8-18(9-7-17)13(20)19-11-4-3-5-14-12(11)15-16-19/h3-5,10H,6-9H2,1-2H3. The van der Waals surface area contributed by atoms with E-state index in [1.165, 1.54) is 4.68 Å². The van der Waals surface area contributed by atoms with Crippen LogP contribution >= 0.6 is 0 Å². The van der Waals surface area contributed by atoms with E-state index in [1.807, 2.05) is 11.0 Å². The summed E-state index contributed by atoms with van der Waals surface area (Å²) in [4.78, 5) is 20.8. The molecule has 1 aliphatic heterocycles. The van der Waals surface area contributed by atoms with Gasteiger partial charge in [-0.3, -0.25) is 4.90 Å². The smallest absolute Gasteiger partial charge is 0.320 e. The minimum Gasteiger partial charge on any atom is -0.320 e. The molecule has 0 bridgehead atoms. The first-order valence-electron chi connectivity index (χ1n) is 6.86. The number of piperazine rings is 1.